The molecular weight excluding hydrogens is 714 g/mol. The first-order valence-electron chi connectivity index (χ1n) is 19.1. The highest BCUT2D eigenvalue weighted by Gasteiger charge is 2.70. The van der Waals surface area contributed by atoms with Crippen molar-refractivity contribution < 1.29 is 29.0 Å². The maximum atomic E-state index is 15.4. The molecule has 55 heavy (non-hydrogen) atoms. The lowest BCUT2D eigenvalue weighted by Gasteiger charge is -2.50. The zero-order chi connectivity index (χ0) is 38.0. The first-order valence-corrected chi connectivity index (χ1v) is 19.5. The number of ether oxygens (including phenoxy) is 1. The van der Waals surface area contributed by atoms with E-state index in [1.165, 1.54) is 17.6 Å². The molecule has 4 amide bonds. The molecule has 4 aromatic carbocycles. The Bertz CT molecular complexity index is 2220. The standard InChI is InChI=1S/C45H42ClN3O6/c1-55-37-17-9-16-34(40(37)50)39-32-18-19-33-38(43(53)48(41(33)51)30-20-22-47(23-21-30)26-27-10-4-2-5-11-27)35(32)25-36-42(52)49(31-15-8-14-29(46)24-31)44(54)45(36,39)28-12-6-3-7-13-28/h2-18,24,30,33,35-36,38-39,50H,19-23,25-26H2,1H3/t33-,35+,36-,38-,39+,45+/m0/s1. The number of halogens is 1. The summed E-state index contributed by atoms with van der Waals surface area (Å²) in [6.45, 7) is 2.36. The van der Waals surface area contributed by atoms with Gasteiger partial charge in [0.05, 0.1) is 36.0 Å². The van der Waals surface area contributed by atoms with Crippen LogP contribution in [0.3, 0.4) is 0 Å². The highest BCUT2D eigenvalue weighted by molar-refractivity contribution is 6.32. The highest BCUT2D eigenvalue weighted by Crippen LogP contribution is 2.65. The molecule has 0 spiro atoms. The van der Waals surface area contributed by atoms with Crippen molar-refractivity contribution in [2.75, 3.05) is 25.1 Å². The van der Waals surface area contributed by atoms with E-state index in [0.29, 0.717) is 41.1 Å². The number of nitrogens with zero attached hydrogens (tertiary/aromatic N) is 3. The number of phenolic OH excluding ortho intramolecular Hbond substituents is 1. The van der Waals surface area contributed by atoms with Crippen LogP contribution in [0.4, 0.5) is 5.69 Å². The number of likely N-dealkylation sites (tertiary alicyclic amines) is 2. The van der Waals surface area contributed by atoms with Gasteiger partial charge in [0.25, 0.3) is 0 Å². The summed E-state index contributed by atoms with van der Waals surface area (Å²) in [6, 6.07) is 31.3. The average Bonchev–Trinajstić information content (AvgIpc) is 3.60. The zero-order valence-electron chi connectivity index (χ0n) is 30.5. The summed E-state index contributed by atoms with van der Waals surface area (Å²) in [6.07, 6.45) is 3.91. The van der Waals surface area contributed by atoms with Gasteiger partial charge in [-0.15, -0.1) is 0 Å². The number of aromatic hydroxyl groups is 1. The van der Waals surface area contributed by atoms with E-state index in [4.69, 9.17) is 16.3 Å². The summed E-state index contributed by atoms with van der Waals surface area (Å²) in [5.41, 5.74) is 1.95. The fraction of sp³-hybridized carbons (Fsp3) is 0.333. The third-order valence-corrected chi connectivity index (χ3v) is 13.2. The van der Waals surface area contributed by atoms with Crippen molar-refractivity contribution in [2.24, 2.45) is 23.7 Å². The molecule has 3 saturated heterocycles. The number of imide groups is 2. The molecule has 1 saturated carbocycles. The first kappa shape index (κ1) is 35.5. The minimum atomic E-state index is -1.49. The maximum absolute atomic E-state index is 15.4. The SMILES string of the molecule is COc1cccc([C@H]2C3=CC[C@@H]4C(=O)N(C5CCN(Cc6ccccc6)CC5)C(=O)[C@@H]4[C@@H]3C[C@H]3C(=O)N(c4cccc(Cl)c4)C(=O)[C@@]23c2ccccc2)c1O. The second-order valence-corrected chi connectivity index (χ2v) is 16.0. The monoisotopic (exact) mass is 755 g/mol. The second-order valence-electron chi connectivity index (χ2n) is 15.5. The number of piperidine rings is 1. The van der Waals surface area contributed by atoms with Gasteiger partial charge in [-0.1, -0.05) is 102 Å². The third-order valence-electron chi connectivity index (χ3n) is 12.9. The fourth-order valence-electron chi connectivity index (χ4n) is 10.6. The average molecular weight is 756 g/mol. The summed E-state index contributed by atoms with van der Waals surface area (Å²) >= 11 is 6.43. The molecule has 10 heteroatoms. The molecule has 4 fully saturated rings. The normalized spacial score (nSPS) is 28.2. The number of para-hydroxylation sites is 1. The summed E-state index contributed by atoms with van der Waals surface area (Å²) < 4.78 is 5.58. The number of hydrogen-bond donors (Lipinski definition) is 1. The number of methoxy groups -OCH3 is 1. The number of allylic oxidation sites excluding steroid dienone is 2. The smallest absolute Gasteiger partial charge is 0.246 e. The van der Waals surface area contributed by atoms with Crippen LogP contribution in [-0.4, -0.2) is 64.8 Å². The molecule has 280 valence electrons. The van der Waals surface area contributed by atoms with Gasteiger partial charge in [0.2, 0.25) is 23.6 Å². The van der Waals surface area contributed by atoms with Crippen LogP contribution in [-0.2, 0) is 31.1 Å². The van der Waals surface area contributed by atoms with Gasteiger partial charge in [0, 0.05) is 42.2 Å². The van der Waals surface area contributed by atoms with Crippen molar-refractivity contribution in [2.45, 2.75) is 49.6 Å². The van der Waals surface area contributed by atoms with Crippen molar-refractivity contribution in [3.05, 3.63) is 136 Å². The quantitative estimate of drug-likeness (QED) is 0.162. The van der Waals surface area contributed by atoms with E-state index in [0.717, 1.165) is 25.2 Å². The predicted molar refractivity (Wildman–Crippen MR) is 207 cm³/mol. The van der Waals surface area contributed by atoms with Crippen molar-refractivity contribution >= 4 is 40.9 Å². The van der Waals surface area contributed by atoms with Crippen LogP contribution < -0.4 is 9.64 Å². The Labute approximate surface area is 325 Å². The Morgan fingerprint density at radius 1 is 0.818 bits per heavy atom. The van der Waals surface area contributed by atoms with Gasteiger partial charge in [-0.3, -0.25) is 29.0 Å². The molecule has 1 N–H and O–H groups in total. The molecule has 0 radical (unpaired) electrons. The molecule has 3 heterocycles. The van der Waals surface area contributed by atoms with E-state index in [-0.39, 0.29) is 35.8 Å². The topological polar surface area (TPSA) is 107 Å². The van der Waals surface area contributed by atoms with Gasteiger partial charge in [-0.05, 0) is 67.0 Å². The summed E-state index contributed by atoms with van der Waals surface area (Å²) in [5.74, 6) is -4.63. The van der Waals surface area contributed by atoms with Crippen LogP contribution in [0.25, 0.3) is 0 Å². The Morgan fingerprint density at radius 2 is 1.53 bits per heavy atom. The number of benzene rings is 4. The number of carbonyl (C=O) groups is 4. The van der Waals surface area contributed by atoms with Crippen LogP contribution >= 0.6 is 11.6 Å². The molecule has 3 aliphatic heterocycles. The van der Waals surface area contributed by atoms with E-state index in [2.05, 4.69) is 17.0 Å². The lowest BCUT2D eigenvalue weighted by atomic mass is 9.49. The van der Waals surface area contributed by atoms with Crippen molar-refractivity contribution in [1.29, 1.82) is 0 Å². The summed E-state index contributed by atoms with van der Waals surface area (Å²) in [4.78, 5) is 64.8. The molecule has 4 aromatic rings. The first-order chi connectivity index (χ1) is 26.7. The van der Waals surface area contributed by atoms with Crippen LogP contribution in [0.5, 0.6) is 11.5 Å². The number of rotatable bonds is 7. The van der Waals surface area contributed by atoms with Gasteiger partial charge in [0.15, 0.2) is 11.5 Å². The molecule has 5 aliphatic rings. The number of phenols is 1. The van der Waals surface area contributed by atoms with E-state index in [1.807, 2.05) is 54.6 Å². The van der Waals surface area contributed by atoms with Crippen molar-refractivity contribution in [3.8, 4) is 11.5 Å². The van der Waals surface area contributed by atoms with Gasteiger partial charge >= 0.3 is 0 Å². The fourth-order valence-corrected chi connectivity index (χ4v) is 10.8. The van der Waals surface area contributed by atoms with E-state index < -0.39 is 46.8 Å². The molecule has 0 unspecified atom stereocenters. The van der Waals surface area contributed by atoms with Crippen molar-refractivity contribution in [3.63, 3.8) is 0 Å². The molecule has 9 nitrogen and oxygen atoms in total. The summed E-state index contributed by atoms with van der Waals surface area (Å²) in [7, 11) is 1.47. The minimum absolute atomic E-state index is 0.133. The molecule has 9 rings (SSSR count). The molecule has 0 aromatic heterocycles. The van der Waals surface area contributed by atoms with Crippen molar-refractivity contribution in [1.82, 2.24) is 9.80 Å². The predicted octanol–water partition coefficient (Wildman–Crippen LogP) is 6.88. The second kappa shape index (κ2) is 13.8. The lowest BCUT2D eigenvalue weighted by molar-refractivity contribution is -0.144. The zero-order valence-corrected chi connectivity index (χ0v) is 31.3. The van der Waals surface area contributed by atoms with Crippen LogP contribution in [0.1, 0.15) is 48.3 Å². The Balaban J connectivity index is 1.14. The Kier molecular flexibility index (Phi) is 8.89. The van der Waals surface area contributed by atoms with E-state index in [9.17, 15) is 19.5 Å². The number of carbonyl (C=O) groups excluding carboxylic acids is 4. The van der Waals surface area contributed by atoms with E-state index >= 15 is 4.79 Å². The van der Waals surface area contributed by atoms with Gasteiger partial charge in [-0.25, -0.2) is 4.90 Å². The van der Waals surface area contributed by atoms with Crippen LogP contribution in [0.2, 0.25) is 5.02 Å². The molecule has 0 bridgehead atoms. The third kappa shape index (κ3) is 5.46. The lowest BCUT2D eigenvalue weighted by Crippen LogP contribution is -2.53. The summed E-state index contributed by atoms with van der Waals surface area (Å²) in [5, 5.41) is 12.3. The number of anilines is 1. The largest absolute Gasteiger partial charge is 0.504 e. The maximum Gasteiger partial charge on any atom is 0.246 e. The van der Waals surface area contributed by atoms with Gasteiger partial charge in [-0.2, -0.15) is 0 Å². The molecular formula is C45H42ClN3O6. The van der Waals surface area contributed by atoms with Gasteiger partial charge in [0.1, 0.15) is 0 Å². The number of hydrogen-bond acceptors (Lipinski definition) is 7. The van der Waals surface area contributed by atoms with Gasteiger partial charge < -0.3 is 9.84 Å². The molecule has 2 aliphatic carbocycles. The highest BCUT2D eigenvalue weighted by atomic mass is 35.5. The number of fused-ring (bicyclic) bond motifs is 4. The van der Waals surface area contributed by atoms with Crippen LogP contribution in [0, 0.1) is 23.7 Å². The Morgan fingerprint density at radius 3 is 2.24 bits per heavy atom. The van der Waals surface area contributed by atoms with Crippen LogP contribution in [0.15, 0.2) is 115 Å². The van der Waals surface area contributed by atoms with E-state index in [1.54, 1.807) is 47.4 Å². The minimum Gasteiger partial charge on any atom is -0.504 e. The molecule has 6 atom stereocenters. The Hall–Kier alpha value is -5.25. The number of amides is 4.